The topological polar surface area (TPSA) is 47.1 Å². The number of methoxy groups -OCH3 is 1. The molecule has 0 unspecified atom stereocenters. The summed E-state index contributed by atoms with van der Waals surface area (Å²) < 4.78 is 10.7. The number of aryl methyl sites for hydroxylation is 1. The van der Waals surface area contributed by atoms with Gasteiger partial charge in [0, 0.05) is 6.20 Å². The Kier molecular flexibility index (Phi) is 4.02. The fraction of sp³-hybridized carbons (Fsp3) is 0.308. The van der Waals surface area contributed by atoms with Gasteiger partial charge in [-0.1, -0.05) is 0 Å². The van der Waals surface area contributed by atoms with E-state index in [1.54, 1.807) is 13.4 Å². The molecule has 1 heterocycles. The van der Waals surface area contributed by atoms with E-state index in [-0.39, 0.29) is 0 Å². The Labute approximate surface area is 101 Å². The second-order valence-corrected chi connectivity index (χ2v) is 3.69. The molecule has 1 aromatic heterocycles. The summed E-state index contributed by atoms with van der Waals surface area (Å²) >= 11 is 0. The maximum atomic E-state index is 5.61. The molecule has 0 amide bonds. The van der Waals surface area contributed by atoms with Crippen molar-refractivity contribution in [1.29, 1.82) is 0 Å². The monoisotopic (exact) mass is 232 g/mol. The lowest BCUT2D eigenvalue weighted by Gasteiger charge is -2.06. The predicted octanol–water partition coefficient (Wildman–Crippen LogP) is 2.43. The summed E-state index contributed by atoms with van der Waals surface area (Å²) in [5.41, 5.74) is 1.07. The van der Waals surface area contributed by atoms with Gasteiger partial charge in [-0.15, -0.1) is 0 Å². The summed E-state index contributed by atoms with van der Waals surface area (Å²) in [7, 11) is 1.65. The molecule has 90 valence electrons. The first-order chi connectivity index (χ1) is 8.38. The minimum Gasteiger partial charge on any atom is -0.497 e. The molecule has 0 saturated carbocycles. The zero-order valence-electron chi connectivity index (χ0n) is 9.85. The molecule has 17 heavy (non-hydrogen) atoms. The van der Waals surface area contributed by atoms with Crippen LogP contribution in [-0.4, -0.2) is 23.7 Å². The summed E-state index contributed by atoms with van der Waals surface area (Å²) in [4.78, 5) is 7.09. The lowest BCUT2D eigenvalue weighted by molar-refractivity contribution is 0.310. The molecular formula is C13H16N2O2. The molecule has 0 aliphatic carbocycles. The summed E-state index contributed by atoms with van der Waals surface area (Å²) in [6, 6.07) is 7.60. The van der Waals surface area contributed by atoms with E-state index in [1.807, 2.05) is 30.5 Å². The predicted molar refractivity (Wildman–Crippen MR) is 65.4 cm³/mol. The van der Waals surface area contributed by atoms with E-state index >= 15 is 0 Å². The van der Waals surface area contributed by atoms with Crippen LogP contribution in [0.2, 0.25) is 0 Å². The molecular weight excluding hydrogens is 216 g/mol. The molecule has 2 aromatic rings. The third kappa shape index (κ3) is 3.52. The molecule has 0 radical (unpaired) electrons. The minimum absolute atomic E-state index is 0.694. The second-order valence-electron chi connectivity index (χ2n) is 3.69. The SMILES string of the molecule is COc1ccc(OCCCc2c[nH]cn2)cc1. The Morgan fingerprint density at radius 3 is 2.59 bits per heavy atom. The van der Waals surface area contributed by atoms with Gasteiger partial charge in [-0.3, -0.25) is 0 Å². The Hall–Kier alpha value is -1.97. The first-order valence-electron chi connectivity index (χ1n) is 5.63. The fourth-order valence-electron chi connectivity index (χ4n) is 1.54. The van der Waals surface area contributed by atoms with Crippen LogP contribution < -0.4 is 9.47 Å². The van der Waals surface area contributed by atoms with Crippen molar-refractivity contribution in [3.63, 3.8) is 0 Å². The van der Waals surface area contributed by atoms with Crippen molar-refractivity contribution in [2.75, 3.05) is 13.7 Å². The zero-order chi connectivity index (χ0) is 11.9. The van der Waals surface area contributed by atoms with Crippen LogP contribution in [0.1, 0.15) is 12.1 Å². The third-order valence-electron chi connectivity index (χ3n) is 2.46. The molecule has 0 aliphatic rings. The molecule has 1 aromatic carbocycles. The molecule has 4 nitrogen and oxygen atoms in total. The highest BCUT2D eigenvalue weighted by molar-refractivity contribution is 5.31. The van der Waals surface area contributed by atoms with E-state index in [1.165, 1.54) is 0 Å². The molecule has 0 spiro atoms. The van der Waals surface area contributed by atoms with E-state index in [4.69, 9.17) is 9.47 Å². The van der Waals surface area contributed by atoms with E-state index in [9.17, 15) is 0 Å². The summed E-state index contributed by atoms with van der Waals surface area (Å²) in [5, 5.41) is 0. The highest BCUT2D eigenvalue weighted by Crippen LogP contribution is 2.17. The van der Waals surface area contributed by atoms with Crippen LogP contribution in [-0.2, 0) is 6.42 Å². The van der Waals surface area contributed by atoms with Gasteiger partial charge >= 0.3 is 0 Å². The van der Waals surface area contributed by atoms with E-state index < -0.39 is 0 Å². The largest absolute Gasteiger partial charge is 0.497 e. The Morgan fingerprint density at radius 1 is 1.18 bits per heavy atom. The molecule has 4 heteroatoms. The highest BCUT2D eigenvalue weighted by atomic mass is 16.5. The van der Waals surface area contributed by atoms with Crippen molar-refractivity contribution >= 4 is 0 Å². The normalized spacial score (nSPS) is 10.2. The molecule has 0 aliphatic heterocycles. The fourth-order valence-corrected chi connectivity index (χ4v) is 1.54. The first-order valence-corrected chi connectivity index (χ1v) is 5.63. The number of benzene rings is 1. The number of aromatic amines is 1. The Bertz CT molecular complexity index is 423. The number of nitrogens with one attached hydrogen (secondary N) is 1. The number of H-pyrrole nitrogens is 1. The van der Waals surface area contributed by atoms with Gasteiger partial charge in [0.1, 0.15) is 11.5 Å². The molecule has 0 atom stereocenters. The number of hydrogen-bond acceptors (Lipinski definition) is 3. The maximum Gasteiger partial charge on any atom is 0.119 e. The number of hydrogen-bond donors (Lipinski definition) is 1. The molecule has 0 fully saturated rings. The lowest BCUT2D eigenvalue weighted by Crippen LogP contribution is -1.99. The number of imidazole rings is 1. The van der Waals surface area contributed by atoms with Crippen LogP contribution in [0.4, 0.5) is 0 Å². The standard InChI is InChI=1S/C13H16N2O2/c1-16-12-4-6-13(7-5-12)17-8-2-3-11-9-14-10-15-11/h4-7,9-10H,2-3,8H2,1H3,(H,14,15). The van der Waals surface area contributed by atoms with Crippen molar-refractivity contribution in [2.45, 2.75) is 12.8 Å². The van der Waals surface area contributed by atoms with Gasteiger partial charge in [0.25, 0.3) is 0 Å². The van der Waals surface area contributed by atoms with Crippen LogP contribution >= 0.6 is 0 Å². The maximum absolute atomic E-state index is 5.61. The quantitative estimate of drug-likeness (QED) is 0.778. The van der Waals surface area contributed by atoms with Crippen LogP contribution in [0.3, 0.4) is 0 Å². The molecule has 0 bridgehead atoms. The van der Waals surface area contributed by atoms with Crippen molar-refractivity contribution in [2.24, 2.45) is 0 Å². The number of aromatic nitrogens is 2. The molecule has 1 N–H and O–H groups in total. The number of ether oxygens (including phenoxy) is 2. The summed E-state index contributed by atoms with van der Waals surface area (Å²) in [6.07, 6.45) is 5.49. The average Bonchev–Trinajstić information content (AvgIpc) is 2.88. The number of nitrogens with zero attached hydrogens (tertiary/aromatic N) is 1. The van der Waals surface area contributed by atoms with Crippen LogP contribution in [0.25, 0.3) is 0 Å². The Balaban J connectivity index is 1.70. The van der Waals surface area contributed by atoms with Gasteiger partial charge in [0.05, 0.1) is 25.7 Å². The first kappa shape index (κ1) is 11.5. The summed E-state index contributed by atoms with van der Waals surface area (Å²) in [6.45, 7) is 0.694. The van der Waals surface area contributed by atoms with Crippen LogP contribution in [0, 0.1) is 0 Å². The Morgan fingerprint density at radius 2 is 1.94 bits per heavy atom. The third-order valence-corrected chi connectivity index (χ3v) is 2.46. The highest BCUT2D eigenvalue weighted by Gasteiger charge is 1.97. The smallest absolute Gasteiger partial charge is 0.119 e. The van der Waals surface area contributed by atoms with Gasteiger partial charge in [0.15, 0.2) is 0 Å². The summed E-state index contributed by atoms with van der Waals surface area (Å²) in [5.74, 6) is 1.71. The van der Waals surface area contributed by atoms with E-state index in [0.29, 0.717) is 6.61 Å². The van der Waals surface area contributed by atoms with E-state index in [2.05, 4.69) is 9.97 Å². The molecule has 0 saturated heterocycles. The second kappa shape index (κ2) is 5.94. The van der Waals surface area contributed by atoms with Gasteiger partial charge in [0.2, 0.25) is 0 Å². The van der Waals surface area contributed by atoms with Crippen molar-refractivity contribution in [3.8, 4) is 11.5 Å². The lowest BCUT2D eigenvalue weighted by atomic mass is 10.2. The van der Waals surface area contributed by atoms with Crippen molar-refractivity contribution in [3.05, 3.63) is 42.5 Å². The molecule has 2 rings (SSSR count). The van der Waals surface area contributed by atoms with Crippen LogP contribution in [0.5, 0.6) is 11.5 Å². The van der Waals surface area contributed by atoms with Crippen LogP contribution in [0.15, 0.2) is 36.8 Å². The number of rotatable bonds is 6. The van der Waals surface area contributed by atoms with Crippen molar-refractivity contribution < 1.29 is 9.47 Å². The van der Waals surface area contributed by atoms with Gasteiger partial charge in [-0.05, 0) is 37.1 Å². The average molecular weight is 232 g/mol. The van der Waals surface area contributed by atoms with Gasteiger partial charge in [-0.25, -0.2) is 4.98 Å². The van der Waals surface area contributed by atoms with Gasteiger partial charge in [-0.2, -0.15) is 0 Å². The van der Waals surface area contributed by atoms with E-state index in [0.717, 1.165) is 30.0 Å². The zero-order valence-corrected chi connectivity index (χ0v) is 9.85. The van der Waals surface area contributed by atoms with Gasteiger partial charge < -0.3 is 14.5 Å². The van der Waals surface area contributed by atoms with Crippen molar-refractivity contribution in [1.82, 2.24) is 9.97 Å². The minimum atomic E-state index is 0.694.